The Labute approximate surface area is 204 Å². The summed E-state index contributed by atoms with van der Waals surface area (Å²) in [7, 11) is 0. The van der Waals surface area contributed by atoms with Crippen molar-refractivity contribution < 1.29 is 4.79 Å². The molecule has 0 aliphatic rings. The van der Waals surface area contributed by atoms with Gasteiger partial charge in [0, 0.05) is 31.6 Å². The van der Waals surface area contributed by atoms with Crippen LogP contribution in [0.3, 0.4) is 0 Å². The number of carbonyl (C=O) groups is 1. The van der Waals surface area contributed by atoms with Crippen molar-refractivity contribution in [3.8, 4) is 5.69 Å². The summed E-state index contributed by atoms with van der Waals surface area (Å²) in [5.41, 5.74) is 10.6. The number of hydrogen-bond donors (Lipinski definition) is 1. The van der Waals surface area contributed by atoms with Crippen molar-refractivity contribution in [1.82, 2.24) is 9.99 Å². The number of aryl methyl sites for hydroxylation is 2. The summed E-state index contributed by atoms with van der Waals surface area (Å²) in [6, 6.07) is 14.4. The monoisotopic (exact) mass is 561 g/mol. The van der Waals surface area contributed by atoms with Crippen molar-refractivity contribution in [2.75, 3.05) is 5.75 Å². The summed E-state index contributed by atoms with van der Waals surface area (Å²) in [4.78, 5) is 12.2. The molecule has 0 radical (unpaired) electrons. The van der Waals surface area contributed by atoms with E-state index in [0.717, 1.165) is 31.6 Å². The Morgan fingerprint density at radius 1 is 1.03 bits per heavy atom. The van der Waals surface area contributed by atoms with Crippen molar-refractivity contribution >= 4 is 55.7 Å². The highest BCUT2D eigenvalue weighted by atomic mass is 79.9. The van der Waals surface area contributed by atoms with Crippen LogP contribution >= 0.6 is 43.6 Å². The topological polar surface area (TPSA) is 46.4 Å². The number of nitrogens with one attached hydrogen (secondary N) is 1. The van der Waals surface area contributed by atoms with Gasteiger partial charge < -0.3 is 4.57 Å². The van der Waals surface area contributed by atoms with Crippen molar-refractivity contribution in [2.24, 2.45) is 5.10 Å². The maximum absolute atomic E-state index is 12.2. The van der Waals surface area contributed by atoms with Crippen molar-refractivity contribution in [1.29, 1.82) is 0 Å². The van der Waals surface area contributed by atoms with Crippen LogP contribution in [0.5, 0.6) is 0 Å². The Kier molecular flexibility index (Phi) is 8.19. The zero-order valence-electron chi connectivity index (χ0n) is 18.0. The van der Waals surface area contributed by atoms with Crippen LogP contribution in [0.1, 0.15) is 33.6 Å². The van der Waals surface area contributed by atoms with Gasteiger partial charge in [0.05, 0.1) is 17.7 Å². The van der Waals surface area contributed by atoms with E-state index in [1.807, 2.05) is 18.2 Å². The van der Waals surface area contributed by atoms with Crippen LogP contribution in [-0.2, 0) is 10.5 Å². The summed E-state index contributed by atoms with van der Waals surface area (Å²) < 4.78 is 4.28. The quantitative estimate of drug-likeness (QED) is 0.260. The van der Waals surface area contributed by atoms with Crippen LogP contribution in [-0.4, -0.2) is 22.4 Å². The number of halogens is 2. The summed E-state index contributed by atoms with van der Waals surface area (Å²) in [6.45, 7) is 8.39. The molecule has 1 aromatic heterocycles. The molecular formula is C24H25Br2N3OS. The van der Waals surface area contributed by atoms with E-state index in [9.17, 15) is 4.79 Å². The van der Waals surface area contributed by atoms with E-state index >= 15 is 0 Å². The molecule has 0 fully saturated rings. The van der Waals surface area contributed by atoms with Gasteiger partial charge >= 0.3 is 0 Å². The average Bonchev–Trinajstić information content (AvgIpc) is 2.93. The zero-order valence-corrected chi connectivity index (χ0v) is 22.0. The molecule has 3 aromatic rings. The first-order chi connectivity index (χ1) is 14.8. The highest BCUT2D eigenvalue weighted by molar-refractivity contribution is 9.10. The van der Waals surface area contributed by atoms with Gasteiger partial charge in [-0.25, -0.2) is 5.43 Å². The van der Waals surface area contributed by atoms with E-state index in [1.165, 1.54) is 22.4 Å². The molecule has 0 saturated carbocycles. The minimum atomic E-state index is -0.118. The number of hydrogen-bond acceptors (Lipinski definition) is 3. The Morgan fingerprint density at radius 2 is 1.71 bits per heavy atom. The van der Waals surface area contributed by atoms with E-state index < -0.39 is 0 Å². The van der Waals surface area contributed by atoms with Crippen LogP contribution in [0, 0.1) is 27.7 Å². The Bertz CT molecular complexity index is 1120. The molecular weight excluding hydrogens is 538 g/mol. The first-order valence-electron chi connectivity index (χ1n) is 9.88. The van der Waals surface area contributed by atoms with Gasteiger partial charge in [0.2, 0.25) is 5.91 Å². The first kappa shape index (κ1) is 23.8. The number of nitrogens with zero attached hydrogens (tertiary/aromatic N) is 2. The smallest absolute Gasteiger partial charge is 0.250 e. The normalized spacial score (nSPS) is 11.3. The highest BCUT2D eigenvalue weighted by Gasteiger charge is 2.18. The van der Waals surface area contributed by atoms with Crippen LogP contribution < -0.4 is 5.43 Å². The fourth-order valence-electron chi connectivity index (χ4n) is 3.54. The van der Waals surface area contributed by atoms with Gasteiger partial charge in [0.15, 0.2) is 0 Å². The van der Waals surface area contributed by atoms with E-state index in [4.69, 9.17) is 0 Å². The van der Waals surface area contributed by atoms with E-state index in [1.54, 1.807) is 18.0 Å². The summed E-state index contributed by atoms with van der Waals surface area (Å²) >= 11 is 8.80. The van der Waals surface area contributed by atoms with E-state index in [0.29, 0.717) is 5.75 Å². The SMILES string of the molecule is Cc1cccc(C)c1-n1c(C)c(Br)c(/C=N\NC(=O)CSCc2ccccc2Br)c1C. The second kappa shape index (κ2) is 10.7. The van der Waals surface area contributed by atoms with Gasteiger partial charge in [-0.2, -0.15) is 5.10 Å². The molecule has 7 heteroatoms. The molecule has 162 valence electrons. The van der Waals surface area contributed by atoms with Gasteiger partial charge in [-0.15, -0.1) is 11.8 Å². The molecule has 2 aromatic carbocycles. The molecule has 4 nitrogen and oxygen atoms in total. The lowest BCUT2D eigenvalue weighted by Gasteiger charge is -2.15. The lowest BCUT2D eigenvalue weighted by Crippen LogP contribution is -2.19. The second-order valence-electron chi connectivity index (χ2n) is 7.35. The number of amides is 1. The lowest BCUT2D eigenvalue weighted by molar-refractivity contribution is -0.118. The molecule has 1 heterocycles. The number of carbonyl (C=O) groups excluding carboxylic acids is 1. The largest absolute Gasteiger partial charge is 0.316 e. The van der Waals surface area contributed by atoms with Crippen LogP contribution in [0.15, 0.2) is 56.5 Å². The third kappa shape index (κ3) is 5.51. The number of hydrazone groups is 1. The molecule has 0 atom stereocenters. The van der Waals surface area contributed by atoms with Crippen LogP contribution in [0.2, 0.25) is 0 Å². The van der Waals surface area contributed by atoms with Gasteiger partial charge in [0.25, 0.3) is 0 Å². The minimum absolute atomic E-state index is 0.118. The lowest BCUT2D eigenvalue weighted by atomic mass is 10.1. The van der Waals surface area contributed by atoms with Gasteiger partial charge in [-0.3, -0.25) is 4.79 Å². The first-order valence-corrected chi connectivity index (χ1v) is 12.6. The Morgan fingerprint density at radius 3 is 2.39 bits per heavy atom. The standard InChI is InChI=1S/C24H25Br2N3OS/c1-15-8-7-9-16(2)24(15)29-17(3)20(23(26)18(29)4)12-27-28-22(30)14-31-13-19-10-5-6-11-21(19)25/h5-12H,13-14H2,1-4H3,(H,28,30)/b27-12-. The fraction of sp³-hybridized carbons (Fsp3) is 0.250. The zero-order chi connectivity index (χ0) is 22.5. The summed E-state index contributed by atoms with van der Waals surface area (Å²) in [6.07, 6.45) is 1.72. The van der Waals surface area contributed by atoms with Gasteiger partial charge in [-0.05, 0) is 66.4 Å². The predicted molar refractivity (Wildman–Crippen MR) is 138 cm³/mol. The summed E-state index contributed by atoms with van der Waals surface area (Å²) in [5.74, 6) is 0.996. The number of rotatable bonds is 7. The Hall–Kier alpha value is -1.83. The molecule has 1 amide bonds. The molecule has 0 bridgehead atoms. The number of aromatic nitrogens is 1. The maximum Gasteiger partial charge on any atom is 0.250 e. The molecule has 0 aliphatic heterocycles. The number of thioether (sulfide) groups is 1. The van der Waals surface area contributed by atoms with E-state index in [-0.39, 0.29) is 5.91 Å². The number of para-hydroxylation sites is 1. The Balaban J connectivity index is 1.67. The summed E-state index contributed by atoms with van der Waals surface area (Å²) in [5, 5.41) is 4.21. The predicted octanol–water partition coefficient (Wildman–Crippen LogP) is 6.62. The van der Waals surface area contributed by atoms with Gasteiger partial charge in [-0.1, -0.05) is 52.3 Å². The highest BCUT2D eigenvalue weighted by Crippen LogP contribution is 2.32. The number of benzene rings is 2. The second-order valence-corrected chi connectivity index (χ2v) is 9.98. The van der Waals surface area contributed by atoms with Gasteiger partial charge in [0.1, 0.15) is 0 Å². The van der Waals surface area contributed by atoms with Crippen LogP contribution in [0.25, 0.3) is 5.69 Å². The molecule has 3 rings (SSSR count). The fourth-order valence-corrected chi connectivity index (χ4v) is 5.54. The average molecular weight is 563 g/mol. The molecule has 0 spiro atoms. The van der Waals surface area contributed by atoms with Crippen molar-refractivity contribution in [3.63, 3.8) is 0 Å². The maximum atomic E-state index is 12.2. The third-order valence-electron chi connectivity index (χ3n) is 5.11. The van der Waals surface area contributed by atoms with Crippen LogP contribution in [0.4, 0.5) is 0 Å². The molecule has 31 heavy (non-hydrogen) atoms. The molecule has 0 unspecified atom stereocenters. The van der Waals surface area contributed by atoms with Crippen molar-refractivity contribution in [2.45, 2.75) is 33.4 Å². The minimum Gasteiger partial charge on any atom is -0.316 e. The van der Waals surface area contributed by atoms with Crippen molar-refractivity contribution in [3.05, 3.63) is 85.1 Å². The van der Waals surface area contributed by atoms with E-state index in [2.05, 4.69) is 98.9 Å². The molecule has 1 N–H and O–H groups in total. The molecule has 0 aliphatic carbocycles. The molecule has 0 saturated heterocycles. The third-order valence-corrected chi connectivity index (χ3v) is 7.87.